The van der Waals surface area contributed by atoms with E-state index in [1.54, 1.807) is 23.3 Å². The standard InChI is InChI=1S/2C10H15.2CH3.2ClH.H2Si.Zr/c2*1-4-9-5-6-10(7-9)8(2)3;;;;;;/h2*7-8H,4-5H2,1-3H3;2*1H3;2*1H;1H2;/q4*-1;;;;. The van der Waals surface area contributed by atoms with Crippen LogP contribution in [0.1, 0.15) is 67.2 Å². The first-order valence-corrected chi connectivity index (χ1v) is 14.4. The molecule has 0 radical (unpaired) electrons. The zero-order chi connectivity index (χ0) is 17.1. The van der Waals surface area contributed by atoms with E-state index in [9.17, 15) is 0 Å². The van der Waals surface area contributed by atoms with E-state index in [1.807, 2.05) is 6.88 Å². The Labute approximate surface area is 194 Å². The van der Waals surface area contributed by atoms with Crippen molar-refractivity contribution in [3.05, 3.63) is 61.4 Å². The average molecular weight is 495 g/mol. The van der Waals surface area contributed by atoms with Gasteiger partial charge >= 0.3 is 30.2 Å². The summed E-state index contributed by atoms with van der Waals surface area (Å²) in [6, 6.07) is 0. The van der Waals surface area contributed by atoms with Crippen LogP contribution in [0.4, 0.5) is 0 Å². The molecule has 0 N–H and O–H groups in total. The van der Waals surface area contributed by atoms with Crippen molar-refractivity contribution in [2.24, 2.45) is 11.8 Å². The number of rotatable bonds is 4. The first-order chi connectivity index (χ1) is 10.5. The third kappa shape index (κ3) is 14.7. The Kier molecular flexibility index (Phi) is 31.6. The summed E-state index contributed by atoms with van der Waals surface area (Å²) in [6.07, 6.45) is 15.9. The van der Waals surface area contributed by atoms with Gasteiger partial charge < -0.3 is 14.9 Å². The van der Waals surface area contributed by atoms with E-state index in [0.717, 1.165) is 12.8 Å². The van der Waals surface area contributed by atoms with Gasteiger partial charge in [0.2, 0.25) is 0 Å². The molecular formula is C22H40Cl2SiZr-4. The first kappa shape index (κ1) is 37.4. The van der Waals surface area contributed by atoms with Crippen molar-refractivity contribution in [1.29, 1.82) is 0 Å². The molecule has 0 nitrogen and oxygen atoms in total. The molecule has 0 spiro atoms. The van der Waals surface area contributed by atoms with Gasteiger partial charge in [0, 0.05) is 0 Å². The Morgan fingerprint density at radius 1 is 0.808 bits per heavy atom. The van der Waals surface area contributed by atoms with E-state index in [-0.39, 0.29) is 39.7 Å². The summed E-state index contributed by atoms with van der Waals surface area (Å²) in [5, 5.41) is 0. The van der Waals surface area contributed by atoms with E-state index in [4.69, 9.17) is 0 Å². The molecule has 154 valence electrons. The fourth-order valence-electron chi connectivity index (χ4n) is 2.27. The summed E-state index contributed by atoms with van der Waals surface area (Å²) < 4.78 is 0. The van der Waals surface area contributed by atoms with Gasteiger partial charge in [-0.05, 0) is 0 Å². The maximum absolute atomic E-state index is 3.38. The summed E-state index contributed by atoms with van der Waals surface area (Å²) in [7, 11) is 0. The van der Waals surface area contributed by atoms with Crippen LogP contribution in [0.5, 0.6) is 0 Å². The van der Waals surface area contributed by atoms with Gasteiger partial charge in [-0.3, -0.25) is 12.2 Å². The molecule has 2 aliphatic carbocycles. The first-order valence-electron chi connectivity index (χ1n) is 8.43. The van der Waals surface area contributed by atoms with E-state index >= 15 is 0 Å². The zero-order valence-corrected chi connectivity index (χ0v) is 23.7. The van der Waals surface area contributed by atoms with Gasteiger partial charge in [-0.15, -0.1) is 37.7 Å². The minimum atomic E-state index is 0. The van der Waals surface area contributed by atoms with Crippen molar-refractivity contribution in [2.45, 2.75) is 67.2 Å². The summed E-state index contributed by atoms with van der Waals surface area (Å²) in [5.41, 5.74) is 5.86. The average Bonchev–Trinajstić information content (AvgIpc) is 3.19. The molecule has 2 rings (SSSR count). The Morgan fingerprint density at radius 3 is 1.19 bits per heavy atom. The second-order valence-electron chi connectivity index (χ2n) is 6.24. The van der Waals surface area contributed by atoms with Gasteiger partial charge in [0.05, 0.1) is 0 Å². The van der Waals surface area contributed by atoms with Crippen LogP contribution in [-0.2, 0) is 23.3 Å². The third-order valence-electron chi connectivity index (χ3n) is 3.91. The summed E-state index contributed by atoms with van der Waals surface area (Å²) in [4.78, 5) is 0. The Morgan fingerprint density at radius 2 is 1.08 bits per heavy atom. The topological polar surface area (TPSA) is 0 Å². The summed E-state index contributed by atoms with van der Waals surface area (Å²) >= 11 is 1.58. The predicted molar refractivity (Wildman–Crippen MR) is 125 cm³/mol. The quantitative estimate of drug-likeness (QED) is 0.290. The van der Waals surface area contributed by atoms with Crippen molar-refractivity contribution in [2.75, 3.05) is 0 Å². The van der Waals surface area contributed by atoms with Crippen LogP contribution in [0.2, 0.25) is 0 Å². The molecule has 2 aliphatic rings. The second-order valence-corrected chi connectivity index (χ2v) is 6.24. The molecule has 0 fully saturated rings. The van der Waals surface area contributed by atoms with Crippen molar-refractivity contribution in [1.82, 2.24) is 0 Å². The molecule has 0 aromatic rings. The molecule has 0 unspecified atom stereocenters. The monoisotopic (exact) mass is 492 g/mol. The predicted octanol–water partition coefficient (Wildman–Crippen LogP) is 7.05. The van der Waals surface area contributed by atoms with Crippen LogP contribution in [-0.4, -0.2) is 6.88 Å². The fraction of sp³-hybridized carbons (Fsp3) is 0.545. The molecular weight excluding hydrogens is 454 g/mol. The van der Waals surface area contributed by atoms with Crippen molar-refractivity contribution >= 4 is 31.7 Å². The van der Waals surface area contributed by atoms with Gasteiger partial charge in [-0.25, -0.2) is 23.3 Å². The molecule has 0 saturated carbocycles. The Hall–Kier alpha value is 0.640. The Bertz CT molecular complexity index is 419. The molecule has 0 aliphatic heterocycles. The van der Waals surface area contributed by atoms with Crippen LogP contribution >= 0.6 is 24.8 Å². The molecule has 0 atom stereocenters. The normalized spacial score (nSPS) is 13.7. The molecule has 0 bridgehead atoms. The van der Waals surface area contributed by atoms with Crippen molar-refractivity contribution in [3.63, 3.8) is 0 Å². The number of allylic oxidation sites excluding steroid dienone is 8. The number of hydrogen-bond donors (Lipinski definition) is 0. The van der Waals surface area contributed by atoms with E-state index < -0.39 is 0 Å². The van der Waals surface area contributed by atoms with Crippen LogP contribution in [0, 0.1) is 38.8 Å². The number of hydrogen-bond acceptors (Lipinski definition) is 0. The third-order valence-corrected chi connectivity index (χ3v) is 3.91. The molecule has 0 heterocycles. The molecule has 26 heavy (non-hydrogen) atoms. The van der Waals surface area contributed by atoms with Crippen LogP contribution in [0.3, 0.4) is 0 Å². The summed E-state index contributed by atoms with van der Waals surface area (Å²) in [5.74, 6) is 1.31. The molecule has 0 aromatic heterocycles. The minimum absolute atomic E-state index is 0. The van der Waals surface area contributed by atoms with Crippen LogP contribution in [0.25, 0.3) is 0 Å². The van der Waals surface area contributed by atoms with Gasteiger partial charge in [-0.1, -0.05) is 66.2 Å². The Balaban J connectivity index is -0.0000000904. The number of halogens is 2. The van der Waals surface area contributed by atoms with E-state index in [2.05, 4.69) is 65.8 Å². The van der Waals surface area contributed by atoms with Gasteiger partial charge in [0.25, 0.3) is 0 Å². The van der Waals surface area contributed by atoms with E-state index in [0.29, 0.717) is 11.8 Å². The molecule has 0 aromatic carbocycles. The van der Waals surface area contributed by atoms with E-state index in [1.165, 1.54) is 35.1 Å². The van der Waals surface area contributed by atoms with Crippen molar-refractivity contribution in [3.8, 4) is 0 Å². The fourth-order valence-corrected chi connectivity index (χ4v) is 2.27. The van der Waals surface area contributed by atoms with Gasteiger partial charge in [-0.2, -0.15) is 11.1 Å². The second kappa shape index (κ2) is 21.9. The van der Waals surface area contributed by atoms with Gasteiger partial charge in [0.1, 0.15) is 0 Å². The van der Waals surface area contributed by atoms with Crippen LogP contribution < -0.4 is 0 Å². The summed E-state index contributed by atoms with van der Waals surface area (Å²) in [6.45, 7) is 15.2. The molecule has 0 saturated heterocycles. The maximum atomic E-state index is 3.38. The molecule has 4 heteroatoms. The SMILES string of the molecule is CCC1=CC(C(C)C)=[C-]C1.CCC1=CC(C(C)C)=[C-]C1.Cl.Cl.[CH3-].[CH3-].[SiH2]=[Zr]. The molecule has 0 amide bonds. The van der Waals surface area contributed by atoms with Crippen LogP contribution in [0.15, 0.2) is 34.4 Å². The zero-order valence-electron chi connectivity index (χ0n) is 18.2. The van der Waals surface area contributed by atoms with Crippen molar-refractivity contribution < 1.29 is 23.3 Å². The van der Waals surface area contributed by atoms with Gasteiger partial charge in [0.15, 0.2) is 0 Å².